The number of hydrogen-bond acceptors (Lipinski definition) is 5. The maximum atomic E-state index is 13.2. The number of sulfonamides is 1. The fourth-order valence-corrected chi connectivity index (χ4v) is 6.28. The SMILES string of the molecule is Cc1[nH]c(C=CC2C(=O)Nc3ccc(S(=O)(=O)Nc4cccc(Cl)c4)cc32)c(C)c1C(=O)N1CCN(C)CC1. The molecular formula is C28H30ClN5O4S. The van der Waals surface area contributed by atoms with E-state index in [0.717, 1.165) is 30.0 Å². The Hall–Kier alpha value is -3.60. The van der Waals surface area contributed by atoms with E-state index in [1.807, 2.05) is 25.8 Å². The van der Waals surface area contributed by atoms with Gasteiger partial charge in [-0.25, -0.2) is 8.42 Å². The van der Waals surface area contributed by atoms with E-state index in [1.54, 1.807) is 36.4 Å². The van der Waals surface area contributed by atoms with Gasteiger partial charge in [-0.2, -0.15) is 0 Å². The molecule has 2 aromatic carbocycles. The topological polar surface area (TPSA) is 115 Å². The van der Waals surface area contributed by atoms with Gasteiger partial charge in [-0.1, -0.05) is 23.7 Å². The number of nitrogens with zero attached hydrogens (tertiary/aromatic N) is 2. The van der Waals surface area contributed by atoms with Crippen molar-refractivity contribution in [2.45, 2.75) is 24.7 Å². The van der Waals surface area contributed by atoms with E-state index in [2.05, 4.69) is 19.9 Å². The summed E-state index contributed by atoms with van der Waals surface area (Å²) < 4.78 is 28.6. The minimum Gasteiger partial charge on any atom is -0.358 e. The zero-order chi connectivity index (χ0) is 27.9. The summed E-state index contributed by atoms with van der Waals surface area (Å²) in [5.41, 5.74) is 4.42. The molecule has 1 saturated heterocycles. The van der Waals surface area contributed by atoms with Gasteiger partial charge < -0.3 is 20.1 Å². The number of nitrogens with one attached hydrogen (secondary N) is 3. The standard InChI is InChI=1S/C28H30ClN5O4S/c1-17-24(30-18(2)26(17)28(36)34-13-11-33(3)12-14-34)10-8-22-23-16-21(7-9-25(23)31-27(22)35)39(37,38)32-20-6-4-5-19(29)15-20/h4-10,15-16,22,30,32H,11-14H2,1-3H3,(H,31,35). The second-order valence-corrected chi connectivity index (χ2v) is 12.1. The van der Waals surface area contributed by atoms with Crippen molar-refractivity contribution in [2.75, 3.05) is 43.3 Å². The Morgan fingerprint density at radius 1 is 1.10 bits per heavy atom. The van der Waals surface area contributed by atoms with Crippen LogP contribution in [0.4, 0.5) is 11.4 Å². The Balaban J connectivity index is 1.39. The van der Waals surface area contributed by atoms with Gasteiger partial charge in [-0.05, 0) is 74.5 Å². The smallest absolute Gasteiger partial charge is 0.261 e. The number of aromatic amines is 1. The number of likely N-dealkylation sites (N-methyl/N-ethyl adjacent to an activating group) is 1. The molecule has 3 aromatic rings. The highest BCUT2D eigenvalue weighted by molar-refractivity contribution is 7.92. The predicted molar refractivity (Wildman–Crippen MR) is 153 cm³/mol. The van der Waals surface area contributed by atoms with Crippen LogP contribution >= 0.6 is 11.6 Å². The third kappa shape index (κ3) is 5.45. The molecule has 11 heteroatoms. The molecule has 0 radical (unpaired) electrons. The summed E-state index contributed by atoms with van der Waals surface area (Å²) in [5, 5.41) is 3.23. The van der Waals surface area contributed by atoms with Gasteiger partial charge in [0.25, 0.3) is 15.9 Å². The van der Waals surface area contributed by atoms with Crippen molar-refractivity contribution in [1.29, 1.82) is 0 Å². The van der Waals surface area contributed by atoms with Crippen LogP contribution in [0.2, 0.25) is 5.02 Å². The lowest BCUT2D eigenvalue weighted by atomic mass is 9.99. The molecular weight excluding hydrogens is 538 g/mol. The van der Waals surface area contributed by atoms with Gasteiger partial charge in [0.05, 0.1) is 22.1 Å². The fraction of sp³-hybridized carbons (Fsp3) is 0.286. The van der Waals surface area contributed by atoms with Crippen LogP contribution < -0.4 is 10.0 Å². The molecule has 9 nitrogen and oxygen atoms in total. The zero-order valence-corrected chi connectivity index (χ0v) is 23.5. The van der Waals surface area contributed by atoms with Crippen LogP contribution in [0.5, 0.6) is 0 Å². The van der Waals surface area contributed by atoms with Crippen molar-refractivity contribution in [3.8, 4) is 0 Å². The van der Waals surface area contributed by atoms with Crippen LogP contribution in [-0.4, -0.2) is 68.2 Å². The number of aromatic nitrogens is 1. The zero-order valence-electron chi connectivity index (χ0n) is 21.9. The summed E-state index contributed by atoms with van der Waals surface area (Å²) in [4.78, 5) is 33.4. The lowest BCUT2D eigenvalue weighted by molar-refractivity contribution is -0.116. The molecule has 2 aliphatic heterocycles. The lowest BCUT2D eigenvalue weighted by Crippen LogP contribution is -2.47. The molecule has 1 atom stereocenters. The van der Waals surface area contributed by atoms with Gasteiger partial charge in [-0.3, -0.25) is 14.3 Å². The lowest BCUT2D eigenvalue weighted by Gasteiger charge is -2.32. The average molecular weight is 568 g/mol. The van der Waals surface area contributed by atoms with E-state index in [-0.39, 0.29) is 16.7 Å². The number of carbonyl (C=O) groups is 2. The van der Waals surface area contributed by atoms with E-state index >= 15 is 0 Å². The van der Waals surface area contributed by atoms with Crippen LogP contribution in [-0.2, 0) is 14.8 Å². The van der Waals surface area contributed by atoms with Crippen molar-refractivity contribution in [3.05, 3.63) is 81.6 Å². The summed E-state index contributed by atoms with van der Waals surface area (Å²) in [7, 11) is -1.87. The molecule has 0 saturated carbocycles. The molecule has 39 heavy (non-hydrogen) atoms. The van der Waals surface area contributed by atoms with E-state index < -0.39 is 15.9 Å². The van der Waals surface area contributed by atoms with Crippen molar-refractivity contribution in [3.63, 3.8) is 0 Å². The Morgan fingerprint density at radius 3 is 2.56 bits per heavy atom. The molecule has 3 N–H and O–H groups in total. The first kappa shape index (κ1) is 27.0. The first-order valence-electron chi connectivity index (χ1n) is 12.6. The highest BCUT2D eigenvalue weighted by Gasteiger charge is 2.31. The summed E-state index contributed by atoms with van der Waals surface area (Å²) in [5.74, 6) is -0.950. The van der Waals surface area contributed by atoms with Crippen LogP contribution in [0.25, 0.3) is 6.08 Å². The maximum Gasteiger partial charge on any atom is 0.261 e. The normalized spacial score (nSPS) is 17.9. The molecule has 2 amide bonds. The second kappa shape index (κ2) is 10.5. The number of fused-ring (bicyclic) bond motifs is 1. The first-order chi connectivity index (χ1) is 18.5. The molecule has 2 aliphatic rings. The number of benzene rings is 2. The Bertz CT molecular complexity index is 1590. The Labute approximate surface area is 232 Å². The molecule has 0 spiro atoms. The molecule has 1 fully saturated rings. The predicted octanol–water partition coefficient (Wildman–Crippen LogP) is 4.22. The fourth-order valence-electron chi connectivity index (χ4n) is 5.01. The summed E-state index contributed by atoms with van der Waals surface area (Å²) in [6, 6.07) is 11.0. The number of rotatable bonds is 6. The van der Waals surface area contributed by atoms with Gasteiger partial charge >= 0.3 is 0 Å². The molecule has 204 valence electrons. The van der Waals surface area contributed by atoms with Gasteiger partial charge in [0.2, 0.25) is 5.91 Å². The summed E-state index contributed by atoms with van der Waals surface area (Å²) in [6.45, 7) is 6.80. The maximum absolute atomic E-state index is 13.2. The minimum atomic E-state index is -3.92. The third-order valence-corrected chi connectivity index (χ3v) is 8.84. The monoisotopic (exact) mass is 567 g/mol. The van der Waals surface area contributed by atoms with Crippen LogP contribution in [0, 0.1) is 13.8 Å². The second-order valence-electron chi connectivity index (χ2n) is 9.95. The van der Waals surface area contributed by atoms with E-state index in [4.69, 9.17) is 11.6 Å². The quantitative estimate of drug-likeness (QED) is 0.412. The average Bonchev–Trinajstić information content (AvgIpc) is 3.35. The molecule has 0 bridgehead atoms. The first-order valence-corrected chi connectivity index (χ1v) is 14.5. The Morgan fingerprint density at radius 2 is 1.85 bits per heavy atom. The van der Waals surface area contributed by atoms with Crippen LogP contribution in [0.1, 0.15) is 38.8 Å². The summed E-state index contributed by atoms with van der Waals surface area (Å²) in [6.07, 6.45) is 3.51. The highest BCUT2D eigenvalue weighted by Crippen LogP contribution is 2.36. The molecule has 1 unspecified atom stereocenters. The van der Waals surface area contributed by atoms with E-state index in [1.165, 1.54) is 18.2 Å². The number of anilines is 2. The molecule has 3 heterocycles. The number of halogens is 1. The van der Waals surface area contributed by atoms with Gasteiger partial charge in [0.1, 0.15) is 0 Å². The van der Waals surface area contributed by atoms with Crippen LogP contribution in [0.3, 0.4) is 0 Å². The highest BCUT2D eigenvalue weighted by atomic mass is 35.5. The van der Waals surface area contributed by atoms with Gasteiger partial charge in [-0.15, -0.1) is 0 Å². The molecule has 0 aliphatic carbocycles. The number of carbonyl (C=O) groups excluding carboxylic acids is 2. The Kier molecular flexibility index (Phi) is 7.28. The van der Waals surface area contributed by atoms with Crippen molar-refractivity contribution >= 4 is 50.9 Å². The van der Waals surface area contributed by atoms with Gasteiger partial charge in [0, 0.05) is 48.3 Å². The van der Waals surface area contributed by atoms with E-state index in [0.29, 0.717) is 40.6 Å². The molecule has 1 aromatic heterocycles. The summed E-state index contributed by atoms with van der Waals surface area (Å²) >= 11 is 5.99. The van der Waals surface area contributed by atoms with Gasteiger partial charge in [0.15, 0.2) is 0 Å². The van der Waals surface area contributed by atoms with E-state index in [9.17, 15) is 18.0 Å². The van der Waals surface area contributed by atoms with Crippen LogP contribution in [0.15, 0.2) is 53.4 Å². The van der Waals surface area contributed by atoms with Crippen molar-refractivity contribution in [2.24, 2.45) is 0 Å². The number of hydrogen-bond donors (Lipinski definition) is 3. The third-order valence-electron chi connectivity index (χ3n) is 7.22. The number of piperazine rings is 1. The largest absolute Gasteiger partial charge is 0.358 e. The minimum absolute atomic E-state index is 0.00000654. The number of amides is 2. The van der Waals surface area contributed by atoms with Crippen molar-refractivity contribution < 1.29 is 18.0 Å². The number of aryl methyl sites for hydroxylation is 1. The van der Waals surface area contributed by atoms with Crippen molar-refractivity contribution in [1.82, 2.24) is 14.8 Å². The number of H-pyrrole nitrogens is 1. The molecule has 5 rings (SSSR count).